The van der Waals surface area contributed by atoms with Gasteiger partial charge in [-0.05, 0) is 61.2 Å². The molecule has 200 valence electrons. The summed E-state index contributed by atoms with van der Waals surface area (Å²) in [5.41, 5.74) is 8.48. The fraction of sp³-hybridized carbons (Fsp3) is 0.250. The largest absolute Gasteiger partial charge is 0.497 e. The molecule has 3 rings (SSSR count). The van der Waals surface area contributed by atoms with Crippen molar-refractivity contribution in [1.82, 2.24) is 4.98 Å². The minimum atomic E-state index is -3.11. The number of hydrogen-bond donors (Lipinski definition) is 2. The van der Waals surface area contributed by atoms with Crippen LogP contribution in [0.1, 0.15) is 34.8 Å². The van der Waals surface area contributed by atoms with Gasteiger partial charge in [-0.2, -0.15) is 0 Å². The lowest BCUT2D eigenvalue weighted by Crippen LogP contribution is -2.27. The number of carbonyl (C=O) groups is 2. The molecule has 3 aromatic rings. The second-order valence-corrected chi connectivity index (χ2v) is 11.2. The van der Waals surface area contributed by atoms with E-state index in [1.165, 1.54) is 37.8 Å². The Kier molecular flexibility index (Phi) is 9.35. The number of anilines is 1. The van der Waals surface area contributed by atoms with Crippen LogP contribution in [0, 0.1) is 12.7 Å². The first-order valence-corrected chi connectivity index (χ1v) is 13.9. The number of hydrogen-bond acceptors (Lipinski definition) is 8. The Morgan fingerprint density at radius 3 is 2.55 bits per heavy atom. The van der Waals surface area contributed by atoms with Crippen LogP contribution in [0.25, 0.3) is 5.57 Å². The molecular formula is C28H30FN3O5S. The summed E-state index contributed by atoms with van der Waals surface area (Å²) in [6.07, 6.45) is 4.04. The number of aryl methyl sites for hydroxylation is 2. The first-order chi connectivity index (χ1) is 18.0. The van der Waals surface area contributed by atoms with Crippen LogP contribution in [0.5, 0.6) is 5.75 Å². The number of benzene rings is 2. The molecule has 0 aliphatic carbocycles. The fourth-order valence-electron chi connectivity index (χ4n) is 3.89. The number of ether oxygens (including phenoxy) is 1. The third-order valence-corrected chi connectivity index (χ3v) is 6.86. The molecular weight excluding hydrogens is 509 g/mol. The molecule has 0 amide bonds. The van der Waals surface area contributed by atoms with Crippen LogP contribution in [-0.4, -0.2) is 44.6 Å². The Morgan fingerprint density at radius 1 is 1.18 bits per heavy atom. The summed E-state index contributed by atoms with van der Waals surface area (Å²) in [5.74, 6) is -0.629. The van der Waals surface area contributed by atoms with E-state index in [0.717, 1.165) is 17.3 Å². The van der Waals surface area contributed by atoms with E-state index >= 15 is 0 Å². The van der Waals surface area contributed by atoms with Crippen LogP contribution in [0.2, 0.25) is 0 Å². The number of ketones is 1. The minimum absolute atomic E-state index is 0.0407. The number of aldehydes is 1. The van der Waals surface area contributed by atoms with Crippen LogP contribution in [-0.2, 0) is 25.8 Å². The van der Waals surface area contributed by atoms with E-state index in [0.29, 0.717) is 36.1 Å². The van der Waals surface area contributed by atoms with Gasteiger partial charge in [-0.3, -0.25) is 14.6 Å². The third kappa shape index (κ3) is 7.72. The molecule has 1 unspecified atom stereocenters. The molecule has 2 aromatic carbocycles. The van der Waals surface area contributed by atoms with E-state index in [2.05, 4.69) is 10.3 Å². The smallest absolute Gasteiger partial charge is 0.205 e. The standard InChI is InChI=1S/C28H30FN3O5S/c1-18-9-10-21(16-31-18)27(28(34)26(30)25(17-33)20-7-4-8-22(29)14-20)32-23-12-19(13-24(15-23)37-2)6-5-11-38(3,35)36/h4,7-10,12-17,27,32H,5-6,11,30H2,1-3H3. The van der Waals surface area contributed by atoms with Crippen LogP contribution in [0.4, 0.5) is 10.1 Å². The van der Waals surface area contributed by atoms with Crippen molar-refractivity contribution in [2.75, 3.05) is 24.4 Å². The average Bonchev–Trinajstić information content (AvgIpc) is 2.87. The predicted molar refractivity (Wildman–Crippen MR) is 145 cm³/mol. The monoisotopic (exact) mass is 539 g/mol. The number of halogens is 1. The van der Waals surface area contributed by atoms with E-state index in [1.807, 2.05) is 6.92 Å². The van der Waals surface area contributed by atoms with Gasteiger partial charge in [-0.15, -0.1) is 0 Å². The number of rotatable bonds is 12. The van der Waals surface area contributed by atoms with E-state index in [4.69, 9.17) is 10.5 Å². The molecule has 38 heavy (non-hydrogen) atoms. The van der Waals surface area contributed by atoms with Gasteiger partial charge in [0.25, 0.3) is 0 Å². The molecule has 0 aliphatic rings. The molecule has 0 bridgehead atoms. The number of pyridine rings is 1. The summed E-state index contributed by atoms with van der Waals surface area (Å²) in [6, 6.07) is 13.0. The molecule has 1 atom stereocenters. The minimum Gasteiger partial charge on any atom is -0.497 e. The molecule has 8 nitrogen and oxygen atoms in total. The molecule has 3 N–H and O–H groups in total. The van der Waals surface area contributed by atoms with Gasteiger partial charge in [-0.25, -0.2) is 12.8 Å². The Labute approximate surface area is 221 Å². The number of methoxy groups -OCH3 is 1. The van der Waals surface area contributed by atoms with Crippen LogP contribution in [0.3, 0.4) is 0 Å². The lowest BCUT2D eigenvalue weighted by atomic mass is 9.96. The number of aromatic nitrogens is 1. The van der Waals surface area contributed by atoms with Crippen molar-refractivity contribution < 1.29 is 27.1 Å². The van der Waals surface area contributed by atoms with Gasteiger partial charge in [0, 0.05) is 41.0 Å². The fourth-order valence-corrected chi connectivity index (χ4v) is 4.56. The molecule has 1 aromatic heterocycles. The predicted octanol–water partition coefficient (Wildman–Crippen LogP) is 3.81. The summed E-state index contributed by atoms with van der Waals surface area (Å²) in [5, 5.41) is 3.17. The topological polar surface area (TPSA) is 128 Å². The Hall–Kier alpha value is -4.05. The number of sulfone groups is 1. The lowest BCUT2D eigenvalue weighted by Gasteiger charge is -2.21. The molecule has 0 saturated carbocycles. The number of carbonyl (C=O) groups excluding carboxylic acids is 2. The van der Waals surface area contributed by atoms with E-state index in [9.17, 15) is 22.4 Å². The summed E-state index contributed by atoms with van der Waals surface area (Å²) >= 11 is 0. The second-order valence-electron chi connectivity index (χ2n) is 8.93. The van der Waals surface area contributed by atoms with Crippen molar-refractivity contribution in [3.63, 3.8) is 0 Å². The number of nitrogens with zero attached hydrogens (tertiary/aromatic N) is 1. The maximum absolute atomic E-state index is 13.8. The summed E-state index contributed by atoms with van der Waals surface area (Å²) in [4.78, 5) is 29.9. The zero-order chi connectivity index (χ0) is 27.9. The van der Waals surface area contributed by atoms with Crippen molar-refractivity contribution >= 4 is 33.2 Å². The highest BCUT2D eigenvalue weighted by Crippen LogP contribution is 2.29. The van der Waals surface area contributed by atoms with Crippen molar-refractivity contribution in [3.8, 4) is 5.75 Å². The Balaban J connectivity index is 2.02. The lowest BCUT2D eigenvalue weighted by molar-refractivity contribution is -0.116. The van der Waals surface area contributed by atoms with Gasteiger partial charge >= 0.3 is 0 Å². The first-order valence-electron chi connectivity index (χ1n) is 11.8. The van der Waals surface area contributed by atoms with Crippen LogP contribution >= 0.6 is 0 Å². The molecule has 0 spiro atoms. The number of Topliss-reactive ketones (excluding diaryl/α,β-unsaturated/α-hetero) is 1. The molecule has 0 fully saturated rings. The Bertz CT molecular complexity index is 1450. The van der Waals surface area contributed by atoms with Gasteiger partial charge in [-0.1, -0.05) is 18.2 Å². The normalized spacial score (nSPS) is 12.8. The highest BCUT2D eigenvalue weighted by Gasteiger charge is 2.26. The molecule has 0 aliphatic heterocycles. The summed E-state index contributed by atoms with van der Waals surface area (Å²) in [7, 11) is -1.60. The van der Waals surface area contributed by atoms with Crippen molar-refractivity contribution in [2.24, 2.45) is 5.73 Å². The zero-order valence-electron chi connectivity index (χ0n) is 21.4. The molecule has 0 saturated heterocycles. The van der Waals surface area contributed by atoms with E-state index in [1.54, 1.807) is 30.3 Å². The maximum atomic E-state index is 13.8. The van der Waals surface area contributed by atoms with Gasteiger partial charge in [0.1, 0.15) is 27.4 Å². The number of nitrogens with one attached hydrogen (secondary N) is 1. The molecule has 0 radical (unpaired) electrons. The molecule has 1 heterocycles. The molecule has 10 heteroatoms. The van der Waals surface area contributed by atoms with Crippen molar-refractivity contribution in [2.45, 2.75) is 25.8 Å². The second kappa shape index (κ2) is 12.5. The number of nitrogens with two attached hydrogens (primary N) is 1. The van der Waals surface area contributed by atoms with Gasteiger partial charge < -0.3 is 15.8 Å². The van der Waals surface area contributed by atoms with Crippen molar-refractivity contribution in [1.29, 1.82) is 0 Å². The number of allylic oxidation sites excluding steroid dienone is 1. The van der Waals surface area contributed by atoms with E-state index < -0.39 is 27.5 Å². The van der Waals surface area contributed by atoms with Gasteiger partial charge in [0.05, 0.1) is 18.6 Å². The van der Waals surface area contributed by atoms with E-state index in [-0.39, 0.29) is 22.6 Å². The third-order valence-electron chi connectivity index (χ3n) is 5.83. The van der Waals surface area contributed by atoms with Crippen molar-refractivity contribution in [3.05, 3.63) is 94.7 Å². The van der Waals surface area contributed by atoms with Crippen LogP contribution in [0.15, 0.2) is 66.5 Å². The van der Waals surface area contributed by atoms with Crippen LogP contribution < -0.4 is 15.8 Å². The summed E-state index contributed by atoms with van der Waals surface area (Å²) < 4.78 is 42.3. The first kappa shape index (κ1) is 28.5. The average molecular weight is 540 g/mol. The SMILES string of the molecule is COc1cc(CCCS(C)(=O)=O)cc(NC(C(=O)C(N)=C(C=O)c2cccc(F)c2)c2ccc(C)nc2)c1. The quantitative estimate of drug-likeness (QED) is 0.263. The highest BCUT2D eigenvalue weighted by molar-refractivity contribution is 7.90. The van der Waals surface area contributed by atoms with Gasteiger partial charge in [0.15, 0.2) is 6.29 Å². The highest BCUT2D eigenvalue weighted by atomic mass is 32.2. The Morgan fingerprint density at radius 2 is 1.95 bits per heavy atom. The zero-order valence-corrected chi connectivity index (χ0v) is 22.2. The van der Waals surface area contributed by atoms with Gasteiger partial charge in [0.2, 0.25) is 5.78 Å². The summed E-state index contributed by atoms with van der Waals surface area (Å²) in [6.45, 7) is 1.81. The maximum Gasteiger partial charge on any atom is 0.205 e.